The molecule has 2 N–H and O–H groups in total. The zero-order chi connectivity index (χ0) is 24.8. The number of amides is 2. The van der Waals surface area contributed by atoms with Crippen molar-refractivity contribution in [1.82, 2.24) is 0 Å². The maximum Gasteiger partial charge on any atom is 0.338 e. The Kier molecular flexibility index (Phi) is 11.1. The van der Waals surface area contributed by atoms with E-state index in [9.17, 15) is 19.2 Å². The van der Waals surface area contributed by atoms with Crippen molar-refractivity contribution in [3.8, 4) is 5.75 Å². The lowest BCUT2D eigenvalue weighted by atomic mass is 10.2. The van der Waals surface area contributed by atoms with Crippen molar-refractivity contribution >= 4 is 35.1 Å². The molecule has 0 aliphatic rings. The second-order valence-corrected chi connectivity index (χ2v) is 7.28. The Bertz CT molecular complexity index is 956. The fourth-order valence-corrected chi connectivity index (χ4v) is 2.80. The van der Waals surface area contributed by atoms with E-state index in [4.69, 9.17) is 14.2 Å². The van der Waals surface area contributed by atoms with Gasteiger partial charge in [-0.15, -0.1) is 0 Å². The van der Waals surface area contributed by atoms with E-state index < -0.39 is 24.5 Å². The van der Waals surface area contributed by atoms with E-state index in [1.54, 1.807) is 48.5 Å². The van der Waals surface area contributed by atoms with Crippen LogP contribution in [-0.2, 0) is 23.9 Å². The van der Waals surface area contributed by atoms with Crippen LogP contribution in [0.1, 0.15) is 49.9 Å². The average Bonchev–Trinajstić information content (AvgIpc) is 2.83. The number of benzene rings is 2. The maximum absolute atomic E-state index is 12.1. The smallest absolute Gasteiger partial charge is 0.338 e. The van der Waals surface area contributed by atoms with Gasteiger partial charge in [0.1, 0.15) is 5.75 Å². The highest BCUT2D eigenvalue weighted by Crippen LogP contribution is 2.15. The van der Waals surface area contributed by atoms with Gasteiger partial charge >= 0.3 is 11.9 Å². The van der Waals surface area contributed by atoms with Gasteiger partial charge in [0, 0.05) is 24.2 Å². The van der Waals surface area contributed by atoms with Gasteiger partial charge in [-0.1, -0.05) is 6.92 Å². The molecule has 2 amide bonds. The first-order chi connectivity index (χ1) is 16.4. The molecule has 182 valence electrons. The quantitative estimate of drug-likeness (QED) is 0.425. The Morgan fingerprint density at radius 2 is 1.38 bits per heavy atom. The maximum atomic E-state index is 12.1. The minimum atomic E-state index is -0.565. The van der Waals surface area contributed by atoms with E-state index in [1.807, 2.05) is 13.8 Å². The number of ether oxygens (including phenoxy) is 3. The predicted molar refractivity (Wildman–Crippen MR) is 127 cm³/mol. The molecule has 0 bridgehead atoms. The summed E-state index contributed by atoms with van der Waals surface area (Å²) in [6, 6.07) is 13.2. The van der Waals surface area contributed by atoms with Crippen LogP contribution in [0.5, 0.6) is 5.75 Å². The van der Waals surface area contributed by atoms with Crippen LogP contribution in [0, 0.1) is 0 Å². The summed E-state index contributed by atoms with van der Waals surface area (Å²) >= 11 is 0. The third-order valence-corrected chi connectivity index (χ3v) is 4.44. The SMILES string of the molecule is CCCOC(=O)c1ccc(NC(=O)CCCC(=O)OCC(=O)Nc2ccc(OCC)cc2)cc1. The summed E-state index contributed by atoms with van der Waals surface area (Å²) in [4.78, 5) is 47.6. The van der Waals surface area contributed by atoms with Crippen LogP contribution >= 0.6 is 0 Å². The lowest BCUT2D eigenvalue weighted by Crippen LogP contribution is -2.21. The number of rotatable bonds is 13. The second-order valence-electron chi connectivity index (χ2n) is 7.28. The van der Waals surface area contributed by atoms with Crippen molar-refractivity contribution in [2.45, 2.75) is 39.5 Å². The molecule has 9 nitrogen and oxygen atoms in total. The first-order valence-electron chi connectivity index (χ1n) is 11.2. The number of carbonyl (C=O) groups excluding carboxylic acids is 4. The molecule has 0 aliphatic heterocycles. The van der Waals surface area contributed by atoms with E-state index in [1.165, 1.54) is 0 Å². The van der Waals surface area contributed by atoms with Gasteiger partial charge in [-0.05, 0) is 68.3 Å². The van der Waals surface area contributed by atoms with Gasteiger partial charge in [-0.25, -0.2) is 4.79 Å². The molecular weight excluding hydrogens is 440 g/mol. The molecule has 0 saturated heterocycles. The number of carbonyl (C=O) groups is 4. The Morgan fingerprint density at radius 1 is 0.765 bits per heavy atom. The predicted octanol–water partition coefficient (Wildman–Crippen LogP) is 3.94. The van der Waals surface area contributed by atoms with Crippen LogP contribution in [0.3, 0.4) is 0 Å². The zero-order valence-corrected chi connectivity index (χ0v) is 19.4. The number of nitrogens with one attached hydrogen (secondary N) is 2. The van der Waals surface area contributed by atoms with Gasteiger partial charge in [-0.2, -0.15) is 0 Å². The van der Waals surface area contributed by atoms with Gasteiger partial charge in [0.15, 0.2) is 6.61 Å². The summed E-state index contributed by atoms with van der Waals surface area (Å²) in [7, 11) is 0. The van der Waals surface area contributed by atoms with Gasteiger partial charge in [0.25, 0.3) is 5.91 Å². The van der Waals surface area contributed by atoms with Gasteiger partial charge < -0.3 is 24.8 Å². The number of hydrogen-bond donors (Lipinski definition) is 2. The Balaban J connectivity index is 1.63. The molecule has 0 fully saturated rings. The third kappa shape index (κ3) is 9.72. The highest BCUT2D eigenvalue weighted by Gasteiger charge is 2.11. The second kappa shape index (κ2) is 14.3. The summed E-state index contributed by atoms with van der Waals surface area (Å²) in [6.07, 6.45) is 1.12. The van der Waals surface area contributed by atoms with E-state index >= 15 is 0 Å². The van der Waals surface area contributed by atoms with Crippen molar-refractivity contribution in [3.63, 3.8) is 0 Å². The van der Waals surface area contributed by atoms with Crippen LogP contribution in [0.15, 0.2) is 48.5 Å². The largest absolute Gasteiger partial charge is 0.494 e. The fourth-order valence-electron chi connectivity index (χ4n) is 2.80. The Labute approximate surface area is 198 Å². The minimum absolute atomic E-state index is 0.00591. The molecule has 0 atom stereocenters. The topological polar surface area (TPSA) is 120 Å². The molecule has 2 aromatic rings. The lowest BCUT2D eigenvalue weighted by Gasteiger charge is -2.08. The molecule has 34 heavy (non-hydrogen) atoms. The lowest BCUT2D eigenvalue weighted by molar-refractivity contribution is -0.147. The van der Waals surface area contributed by atoms with E-state index in [2.05, 4.69) is 10.6 Å². The summed E-state index contributed by atoms with van der Waals surface area (Å²) in [5.74, 6) is -1.02. The van der Waals surface area contributed by atoms with Crippen LogP contribution in [0.2, 0.25) is 0 Å². The van der Waals surface area contributed by atoms with Crippen molar-refractivity contribution < 1.29 is 33.4 Å². The number of esters is 2. The van der Waals surface area contributed by atoms with Gasteiger partial charge in [0.2, 0.25) is 5.91 Å². The van der Waals surface area contributed by atoms with Gasteiger partial charge in [0.05, 0.1) is 18.8 Å². The average molecular weight is 471 g/mol. The molecule has 2 aromatic carbocycles. The number of anilines is 2. The molecule has 2 rings (SSSR count). The minimum Gasteiger partial charge on any atom is -0.494 e. The molecule has 0 spiro atoms. The third-order valence-electron chi connectivity index (χ3n) is 4.44. The van der Waals surface area contributed by atoms with E-state index in [-0.39, 0.29) is 25.2 Å². The van der Waals surface area contributed by atoms with Crippen LogP contribution < -0.4 is 15.4 Å². The molecule has 0 aromatic heterocycles. The van der Waals surface area contributed by atoms with Crippen molar-refractivity contribution in [2.24, 2.45) is 0 Å². The molecule has 0 radical (unpaired) electrons. The monoisotopic (exact) mass is 470 g/mol. The van der Waals surface area contributed by atoms with Crippen LogP contribution in [-0.4, -0.2) is 43.6 Å². The summed E-state index contributed by atoms with van der Waals surface area (Å²) in [6.45, 7) is 4.28. The summed E-state index contributed by atoms with van der Waals surface area (Å²) in [5, 5.41) is 5.32. The summed E-state index contributed by atoms with van der Waals surface area (Å²) < 4.78 is 15.3. The Morgan fingerprint density at radius 3 is 2.00 bits per heavy atom. The van der Waals surface area contributed by atoms with Crippen LogP contribution in [0.25, 0.3) is 0 Å². The van der Waals surface area contributed by atoms with Crippen molar-refractivity contribution in [3.05, 3.63) is 54.1 Å². The highest BCUT2D eigenvalue weighted by atomic mass is 16.5. The molecule has 0 heterocycles. The van der Waals surface area contributed by atoms with E-state index in [0.717, 1.165) is 6.42 Å². The number of hydrogen-bond acceptors (Lipinski definition) is 7. The molecule has 0 saturated carbocycles. The molecule has 9 heteroatoms. The normalized spacial score (nSPS) is 10.2. The zero-order valence-electron chi connectivity index (χ0n) is 19.4. The molecular formula is C25H30N2O7. The van der Waals surface area contributed by atoms with Crippen molar-refractivity contribution in [1.29, 1.82) is 0 Å². The first kappa shape index (κ1) is 26.4. The van der Waals surface area contributed by atoms with Crippen molar-refractivity contribution in [2.75, 3.05) is 30.5 Å². The standard InChI is InChI=1S/C25H30N2O7/c1-3-16-33-25(31)18-8-10-19(11-9-18)26-22(28)6-5-7-24(30)34-17-23(29)27-20-12-14-21(15-13-20)32-4-2/h8-15H,3-7,16-17H2,1-2H3,(H,26,28)(H,27,29). The van der Waals surface area contributed by atoms with Gasteiger partial charge in [-0.3, -0.25) is 14.4 Å². The first-order valence-corrected chi connectivity index (χ1v) is 11.2. The Hall–Kier alpha value is -3.88. The molecule has 0 unspecified atom stereocenters. The highest BCUT2D eigenvalue weighted by molar-refractivity contribution is 5.94. The summed E-state index contributed by atoms with van der Waals surface area (Å²) in [5.41, 5.74) is 1.50. The van der Waals surface area contributed by atoms with E-state index in [0.29, 0.717) is 35.9 Å². The van der Waals surface area contributed by atoms with Crippen LogP contribution in [0.4, 0.5) is 11.4 Å². The fraction of sp³-hybridized carbons (Fsp3) is 0.360. The molecule has 0 aliphatic carbocycles.